The molecule has 1 rings (SSSR count). The Labute approximate surface area is 518 Å². The summed E-state index contributed by atoms with van der Waals surface area (Å²) in [7, 11) is 0. The molecule has 0 aromatic heterocycles. The fraction of sp³-hybridized carbons (Fsp3) is 0.781. The van der Waals surface area contributed by atoms with Gasteiger partial charge < -0.3 is 39.0 Å². The molecule has 0 aliphatic carbocycles. The lowest BCUT2D eigenvalue weighted by Crippen LogP contribution is -2.61. The summed E-state index contributed by atoms with van der Waals surface area (Å²) in [6, 6.07) is 0. The van der Waals surface area contributed by atoms with Crippen molar-refractivity contribution < 1.29 is 58.2 Å². The Morgan fingerprint density at radius 1 is 0.400 bits per heavy atom. The maximum atomic E-state index is 13.3. The van der Waals surface area contributed by atoms with Gasteiger partial charge in [0.2, 0.25) is 0 Å². The van der Waals surface area contributed by atoms with Crippen molar-refractivity contribution in [2.45, 2.75) is 353 Å². The summed E-state index contributed by atoms with van der Waals surface area (Å²) in [5.41, 5.74) is 0. The predicted octanol–water partition coefficient (Wildman–Crippen LogP) is 19.2. The number of allylic oxidation sites excluding steroid dienone is 12. The number of hydrogen-bond donors (Lipinski definition) is 3. The zero-order valence-electron chi connectivity index (χ0n) is 54.3. The van der Waals surface area contributed by atoms with Gasteiger partial charge in [-0.1, -0.05) is 280 Å². The normalized spacial score (nSPS) is 17.9. The molecule has 1 aliphatic rings. The Kier molecular flexibility index (Phi) is 56.3. The van der Waals surface area contributed by atoms with E-state index in [0.717, 1.165) is 103 Å². The fourth-order valence-corrected chi connectivity index (χ4v) is 10.5. The van der Waals surface area contributed by atoms with E-state index in [1.54, 1.807) is 0 Å². The number of carbonyl (C=O) groups excluding carboxylic acids is 3. The highest BCUT2D eigenvalue weighted by Crippen LogP contribution is 2.27. The van der Waals surface area contributed by atoms with Crippen LogP contribution in [0.2, 0.25) is 0 Å². The molecular weight excluding hydrogens is 1070 g/mol. The second-order valence-electron chi connectivity index (χ2n) is 23.8. The van der Waals surface area contributed by atoms with Gasteiger partial charge in [-0.05, 0) is 89.9 Å². The molecule has 0 amide bonds. The van der Waals surface area contributed by atoms with Crippen LogP contribution in [0.3, 0.4) is 0 Å². The zero-order valence-corrected chi connectivity index (χ0v) is 54.3. The van der Waals surface area contributed by atoms with Crippen molar-refractivity contribution in [1.29, 1.82) is 0 Å². The van der Waals surface area contributed by atoms with Gasteiger partial charge in [0.25, 0.3) is 0 Å². The number of carbonyl (C=O) groups is 4. The third-order valence-corrected chi connectivity index (χ3v) is 15.8. The lowest BCUT2D eigenvalue weighted by Gasteiger charge is -2.40. The molecule has 12 nitrogen and oxygen atoms in total. The van der Waals surface area contributed by atoms with Crippen molar-refractivity contribution in [2.75, 3.05) is 13.2 Å². The minimum Gasteiger partial charge on any atom is -0.479 e. The number of aliphatic hydroxyl groups is 2. The molecule has 0 aromatic carbocycles. The molecule has 3 N–H and O–H groups in total. The molecule has 0 radical (unpaired) electrons. The van der Waals surface area contributed by atoms with E-state index in [1.807, 2.05) is 0 Å². The van der Waals surface area contributed by atoms with E-state index in [4.69, 9.17) is 23.7 Å². The standard InChI is InChI=1S/C73H126O12/c1-4-7-10-13-16-19-22-25-28-31-33-36-38-41-44-47-50-53-56-59-65(74)81-62-64(83-66(75)60-57-54-51-48-45-42-40-37-34-32-29-26-23-20-17-14-11-8-5-2)63-82-73-71(69(78)68(77)70(85-73)72(79)80)84-67(76)61-58-55-52-49-46-43-39-35-30-27-24-21-18-15-12-9-6-3/h9,12,16,18-19,21,25,27-28,30,39,43,64,68-71,73,77-78H,4-8,10-11,13-15,17,20,22-24,26,29,31-38,40-42,44-63H2,1-3H3,(H,79,80)/b12-9-,19-16-,21-18-,28-25-,30-27-,43-39-. The van der Waals surface area contributed by atoms with Gasteiger partial charge in [0.1, 0.15) is 18.8 Å². The molecule has 6 unspecified atom stereocenters. The van der Waals surface area contributed by atoms with Crippen LogP contribution in [0.1, 0.15) is 316 Å². The maximum absolute atomic E-state index is 13.3. The Morgan fingerprint density at radius 3 is 1.15 bits per heavy atom. The molecule has 1 saturated heterocycles. The van der Waals surface area contributed by atoms with E-state index >= 15 is 0 Å². The fourth-order valence-electron chi connectivity index (χ4n) is 10.5. The summed E-state index contributed by atoms with van der Waals surface area (Å²) in [6.07, 6.45) is 65.7. The molecular formula is C73H126O12. The topological polar surface area (TPSA) is 175 Å². The highest BCUT2D eigenvalue weighted by atomic mass is 16.7. The number of aliphatic hydroxyl groups excluding tert-OH is 2. The van der Waals surface area contributed by atoms with Gasteiger partial charge in [-0.25, -0.2) is 4.79 Å². The monoisotopic (exact) mass is 1190 g/mol. The van der Waals surface area contributed by atoms with E-state index in [-0.39, 0.29) is 25.9 Å². The van der Waals surface area contributed by atoms with Crippen molar-refractivity contribution in [3.63, 3.8) is 0 Å². The molecule has 0 bridgehead atoms. The second kappa shape index (κ2) is 60.4. The van der Waals surface area contributed by atoms with Crippen LogP contribution >= 0.6 is 0 Å². The van der Waals surface area contributed by atoms with Crippen molar-refractivity contribution >= 4 is 23.9 Å². The summed E-state index contributed by atoms with van der Waals surface area (Å²) in [5.74, 6) is -3.13. The molecule has 0 aromatic rings. The van der Waals surface area contributed by atoms with Crippen LogP contribution in [0.25, 0.3) is 0 Å². The van der Waals surface area contributed by atoms with Crippen LogP contribution in [-0.4, -0.2) is 89.2 Å². The summed E-state index contributed by atoms with van der Waals surface area (Å²) >= 11 is 0. The second-order valence-corrected chi connectivity index (χ2v) is 23.8. The van der Waals surface area contributed by atoms with Crippen LogP contribution in [-0.2, 0) is 42.9 Å². The Morgan fingerprint density at radius 2 is 0.741 bits per heavy atom. The van der Waals surface area contributed by atoms with Gasteiger partial charge in [0.15, 0.2) is 24.6 Å². The molecule has 85 heavy (non-hydrogen) atoms. The number of carboxylic acid groups (broad SMARTS) is 1. The molecule has 6 atom stereocenters. The van der Waals surface area contributed by atoms with Gasteiger partial charge in [-0.2, -0.15) is 0 Å². The molecule has 1 fully saturated rings. The van der Waals surface area contributed by atoms with Gasteiger partial charge in [0, 0.05) is 19.3 Å². The lowest BCUT2D eigenvalue weighted by molar-refractivity contribution is -0.301. The number of unbranched alkanes of at least 4 members (excludes halogenated alkanes) is 34. The van der Waals surface area contributed by atoms with Crippen LogP contribution in [0.5, 0.6) is 0 Å². The van der Waals surface area contributed by atoms with E-state index in [9.17, 15) is 34.5 Å². The van der Waals surface area contributed by atoms with Crippen molar-refractivity contribution in [3.05, 3.63) is 72.9 Å². The summed E-state index contributed by atoms with van der Waals surface area (Å²) in [6.45, 7) is 5.90. The van der Waals surface area contributed by atoms with Gasteiger partial charge in [-0.3, -0.25) is 14.4 Å². The first-order valence-corrected chi connectivity index (χ1v) is 34.9. The molecule has 1 heterocycles. The number of esters is 3. The average Bonchev–Trinajstić information content (AvgIpc) is 2.83. The first-order chi connectivity index (χ1) is 41.6. The molecule has 0 spiro atoms. The highest BCUT2D eigenvalue weighted by Gasteiger charge is 2.50. The Balaban J connectivity index is 2.64. The molecule has 12 heteroatoms. The first-order valence-electron chi connectivity index (χ1n) is 34.9. The molecule has 0 saturated carbocycles. The predicted molar refractivity (Wildman–Crippen MR) is 349 cm³/mol. The minimum absolute atomic E-state index is 0.0320. The van der Waals surface area contributed by atoms with E-state index in [0.29, 0.717) is 19.3 Å². The Bertz CT molecular complexity index is 1750. The third kappa shape index (κ3) is 49.8. The van der Waals surface area contributed by atoms with Crippen molar-refractivity contribution in [3.8, 4) is 0 Å². The van der Waals surface area contributed by atoms with Gasteiger partial charge in [0.05, 0.1) is 6.61 Å². The zero-order chi connectivity index (χ0) is 61.7. The smallest absolute Gasteiger partial charge is 0.335 e. The lowest BCUT2D eigenvalue weighted by atomic mass is 9.98. The minimum atomic E-state index is -1.91. The van der Waals surface area contributed by atoms with Crippen LogP contribution in [0.4, 0.5) is 0 Å². The summed E-state index contributed by atoms with van der Waals surface area (Å²) < 4.78 is 28.6. The summed E-state index contributed by atoms with van der Waals surface area (Å²) in [4.78, 5) is 51.5. The number of rotatable bonds is 60. The van der Waals surface area contributed by atoms with Crippen LogP contribution in [0, 0.1) is 0 Å². The molecule has 490 valence electrons. The van der Waals surface area contributed by atoms with Gasteiger partial charge in [-0.15, -0.1) is 0 Å². The van der Waals surface area contributed by atoms with Crippen LogP contribution in [0.15, 0.2) is 72.9 Å². The quantitative estimate of drug-likeness (QED) is 0.0228. The third-order valence-electron chi connectivity index (χ3n) is 15.8. The number of carboxylic acids is 1. The highest BCUT2D eigenvalue weighted by molar-refractivity contribution is 5.74. The maximum Gasteiger partial charge on any atom is 0.335 e. The molecule has 1 aliphatic heterocycles. The van der Waals surface area contributed by atoms with Gasteiger partial charge >= 0.3 is 23.9 Å². The summed E-state index contributed by atoms with van der Waals surface area (Å²) in [5, 5.41) is 31.7. The van der Waals surface area contributed by atoms with E-state index < -0.39 is 67.3 Å². The SMILES string of the molecule is CC/C=C\C/C=C\C/C=C\C/C=C\CCCCCCC(=O)OC1C(OCC(COC(=O)CCCCCCCCCCC/C=C\C/C=C\CCCCC)OC(=O)CCCCCCCCCCCCCCCCCCCCC)OC(C(=O)O)C(O)C1O. The largest absolute Gasteiger partial charge is 0.479 e. The van der Waals surface area contributed by atoms with E-state index in [1.165, 1.54) is 154 Å². The average molecular weight is 1200 g/mol. The number of aliphatic carboxylic acids is 1. The number of ether oxygens (including phenoxy) is 5. The Hall–Kier alpha value is -3.84. The first kappa shape index (κ1) is 79.2. The van der Waals surface area contributed by atoms with E-state index in [2.05, 4.69) is 93.7 Å². The van der Waals surface area contributed by atoms with Crippen molar-refractivity contribution in [1.82, 2.24) is 0 Å². The van der Waals surface area contributed by atoms with Crippen molar-refractivity contribution in [2.24, 2.45) is 0 Å². The van der Waals surface area contributed by atoms with Crippen LogP contribution < -0.4 is 0 Å². The number of hydrogen-bond acceptors (Lipinski definition) is 11.